The Labute approximate surface area is 196 Å². The van der Waals surface area contributed by atoms with E-state index in [2.05, 4.69) is 18.8 Å². The van der Waals surface area contributed by atoms with Gasteiger partial charge in [0.25, 0.3) is 5.78 Å². The van der Waals surface area contributed by atoms with E-state index in [9.17, 15) is 14.7 Å². The fourth-order valence-electron chi connectivity index (χ4n) is 3.73. The highest BCUT2D eigenvalue weighted by Crippen LogP contribution is 2.44. The quantitative estimate of drug-likeness (QED) is 0.284. The molecule has 1 amide bonds. The Balaban J connectivity index is 1.92. The molecule has 1 unspecified atom stereocenters. The fourth-order valence-corrected chi connectivity index (χ4v) is 4.79. The van der Waals surface area contributed by atoms with Crippen molar-refractivity contribution in [3.63, 3.8) is 0 Å². The highest BCUT2D eigenvalue weighted by molar-refractivity contribution is 7.16. The molecule has 1 fully saturated rings. The van der Waals surface area contributed by atoms with E-state index in [4.69, 9.17) is 11.6 Å². The molecule has 7 heteroatoms. The maximum absolute atomic E-state index is 13.2. The van der Waals surface area contributed by atoms with Crippen molar-refractivity contribution < 1.29 is 14.7 Å². The van der Waals surface area contributed by atoms with E-state index < -0.39 is 17.7 Å². The minimum Gasteiger partial charge on any atom is -0.507 e. The largest absolute Gasteiger partial charge is 0.507 e. The number of aliphatic hydroxyl groups excluding tert-OH is 1. The molecule has 164 valence electrons. The highest BCUT2D eigenvalue weighted by atomic mass is 35.5. The van der Waals surface area contributed by atoms with Crippen molar-refractivity contribution in [1.29, 1.82) is 0 Å². The van der Waals surface area contributed by atoms with E-state index in [0.29, 0.717) is 21.6 Å². The van der Waals surface area contributed by atoms with Crippen LogP contribution in [0.2, 0.25) is 5.02 Å². The van der Waals surface area contributed by atoms with Gasteiger partial charge in [-0.2, -0.15) is 0 Å². The Morgan fingerprint density at radius 1 is 1.06 bits per heavy atom. The zero-order valence-electron chi connectivity index (χ0n) is 18.2. The van der Waals surface area contributed by atoms with Gasteiger partial charge in [0.05, 0.1) is 17.3 Å². The molecule has 4 rings (SSSR count). The lowest BCUT2D eigenvalue weighted by Gasteiger charge is -2.23. The number of carbonyl (C=O) groups excluding carboxylic acids is 2. The minimum atomic E-state index is -0.781. The average Bonchev–Trinajstić information content (AvgIpc) is 3.23. The van der Waals surface area contributed by atoms with Gasteiger partial charge in [-0.25, -0.2) is 4.98 Å². The van der Waals surface area contributed by atoms with E-state index in [0.717, 1.165) is 21.7 Å². The van der Waals surface area contributed by atoms with Gasteiger partial charge in [-0.15, -0.1) is 11.3 Å². The summed E-state index contributed by atoms with van der Waals surface area (Å²) in [6, 6.07) is 13.5. The maximum atomic E-state index is 13.2. The molecule has 0 spiro atoms. The number of Topliss-reactive ketones (excluding diaryl/α,β-unsaturated/α-hetero) is 1. The molecule has 0 saturated carbocycles. The Hall–Kier alpha value is -2.96. The van der Waals surface area contributed by atoms with Crippen molar-refractivity contribution in [3.05, 3.63) is 86.4 Å². The number of anilines is 1. The molecule has 1 N–H and O–H groups in total. The number of hydrogen-bond donors (Lipinski definition) is 1. The van der Waals surface area contributed by atoms with Gasteiger partial charge >= 0.3 is 5.91 Å². The SMILES string of the molecule is Cc1nc(N2C(=O)C(=O)C(=C(O)c3ccc(Cl)cc3)C2c2ccc(C(C)C)cc2)sc1C. The molecular weight excluding hydrogens is 444 g/mol. The zero-order valence-corrected chi connectivity index (χ0v) is 19.8. The van der Waals surface area contributed by atoms with Crippen LogP contribution in [-0.4, -0.2) is 21.8 Å². The highest BCUT2D eigenvalue weighted by Gasteiger charge is 2.48. The lowest BCUT2D eigenvalue weighted by Crippen LogP contribution is -2.29. The van der Waals surface area contributed by atoms with Crippen LogP contribution in [0.25, 0.3) is 5.76 Å². The topological polar surface area (TPSA) is 70.5 Å². The number of nitrogens with zero attached hydrogens (tertiary/aromatic N) is 2. The summed E-state index contributed by atoms with van der Waals surface area (Å²) in [5, 5.41) is 12.1. The smallest absolute Gasteiger partial charge is 0.301 e. The number of amides is 1. The van der Waals surface area contributed by atoms with Crippen molar-refractivity contribution in [2.24, 2.45) is 0 Å². The Morgan fingerprint density at radius 2 is 1.69 bits per heavy atom. The number of aryl methyl sites for hydroxylation is 2. The monoisotopic (exact) mass is 466 g/mol. The van der Waals surface area contributed by atoms with Crippen LogP contribution in [0, 0.1) is 13.8 Å². The number of aromatic nitrogens is 1. The zero-order chi connectivity index (χ0) is 23.2. The summed E-state index contributed by atoms with van der Waals surface area (Å²) in [4.78, 5) is 33.2. The molecule has 32 heavy (non-hydrogen) atoms. The molecule has 0 aliphatic carbocycles. The van der Waals surface area contributed by atoms with Gasteiger partial charge in [0.2, 0.25) is 0 Å². The molecule has 2 heterocycles. The van der Waals surface area contributed by atoms with Gasteiger partial charge in [0, 0.05) is 15.5 Å². The van der Waals surface area contributed by atoms with E-state index in [1.54, 1.807) is 24.3 Å². The second kappa shape index (κ2) is 8.52. The lowest BCUT2D eigenvalue weighted by molar-refractivity contribution is -0.132. The second-order valence-electron chi connectivity index (χ2n) is 8.14. The third kappa shape index (κ3) is 3.85. The second-order valence-corrected chi connectivity index (χ2v) is 9.75. The van der Waals surface area contributed by atoms with Crippen molar-refractivity contribution in [3.8, 4) is 0 Å². The molecule has 3 aromatic rings. The number of halogens is 1. The molecule has 0 radical (unpaired) electrons. The standard InChI is InChI=1S/C25H23ClN2O3S/c1-13(2)16-5-7-17(8-6-16)21-20(22(29)18-9-11-19(26)12-10-18)23(30)24(31)28(21)25-27-14(3)15(4)32-25/h5-13,21,29H,1-4H3. The van der Waals surface area contributed by atoms with Crippen molar-refractivity contribution in [2.75, 3.05) is 4.90 Å². The Kier molecular flexibility index (Phi) is 5.93. The summed E-state index contributed by atoms with van der Waals surface area (Å²) in [5.74, 6) is -1.33. The molecule has 0 bridgehead atoms. The number of aliphatic hydroxyl groups is 1. The minimum absolute atomic E-state index is 0.0418. The summed E-state index contributed by atoms with van der Waals surface area (Å²) in [7, 11) is 0. The molecule has 5 nitrogen and oxygen atoms in total. The van der Waals surface area contributed by atoms with Gasteiger partial charge in [-0.3, -0.25) is 14.5 Å². The predicted molar refractivity (Wildman–Crippen MR) is 128 cm³/mol. The van der Waals surface area contributed by atoms with Crippen LogP contribution in [0.3, 0.4) is 0 Å². The van der Waals surface area contributed by atoms with Gasteiger partial charge in [-0.05, 0) is 55.2 Å². The number of hydrogen-bond acceptors (Lipinski definition) is 5. The number of ketones is 1. The van der Waals surface area contributed by atoms with E-state index >= 15 is 0 Å². The van der Waals surface area contributed by atoms with E-state index in [-0.39, 0.29) is 11.3 Å². The van der Waals surface area contributed by atoms with Crippen LogP contribution in [0.15, 0.2) is 54.1 Å². The normalized spacial score (nSPS) is 18.1. The first-order valence-electron chi connectivity index (χ1n) is 10.3. The van der Waals surface area contributed by atoms with Gasteiger partial charge in [0.1, 0.15) is 5.76 Å². The first-order valence-corrected chi connectivity index (χ1v) is 11.5. The average molecular weight is 467 g/mol. The van der Waals surface area contributed by atoms with Gasteiger partial charge in [0.15, 0.2) is 5.13 Å². The number of carbonyl (C=O) groups is 2. The molecule has 1 saturated heterocycles. The number of benzene rings is 2. The summed E-state index contributed by atoms with van der Waals surface area (Å²) in [6.07, 6.45) is 0. The summed E-state index contributed by atoms with van der Waals surface area (Å²) in [5.41, 5.74) is 3.14. The first kappa shape index (κ1) is 22.2. The van der Waals surface area contributed by atoms with Crippen LogP contribution in [0.4, 0.5) is 5.13 Å². The molecule has 1 aromatic heterocycles. The third-order valence-electron chi connectivity index (χ3n) is 5.70. The van der Waals surface area contributed by atoms with Crippen LogP contribution in [0.5, 0.6) is 0 Å². The van der Waals surface area contributed by atoms with Crippen LogP contribution in [0.1, 0.15) is 53.1 Å². The van der Waals surface area contributed by atoms with Crippen LogP contribution >= 0.6 is 22.9 Å². The van der Waals surface area contributed by atoms with Crippen LogP contribution < -0.4 is 4.90 Å². The van der Waals surface area contributed by atoms with Gasteiger partial charge < -0.3 is 5.11 Å². The van der Waals surface area contributed by atoms with Crippen LogP contribution in [-0.2, 0) is 9.59 Å². The molecule has 2 aromatic carbocycles. The third-order valence-corrected chi connectivity index (χ3v) is 7.03. The molecular formula is C25H23ClN2O3S. The summed E-state index contributed by atoms with van der Waals surface area (Å²) >= 11 is 7.33. The first-order chi connectivity index (χ1) is 15.2. The van der Waals surface area contributed by atoms with Crippen molar-refractivity contribution in [2.45, 2.75) is 39.7 Å². The molecule has 1 atom stereocenters. The summed E-state index contributed by atoms with van der Waals surface area (Å²) < 4.78 is 0. The fraction of sp³-hybridized carbons (Fsp3) is 0.240. The number of thiazole rings is 1. The van der Waals surface area contributed by atoms with Crippen molar-refractivity contribution in [1.82, 2.24) is 4.98 Å². The number of rotatable bonds is 4. The lowest BCUT2D eigenvalue weighted by atomic mass is 9.93. The summed E-state index contributed by atoms with van der Waals surface area (Å²) in [6.45, 7) is 7.99. The van der Waals surface area contributed by atoms with E-state index in [1.165, 1.54) is 16.2 Å². The predicted octanol–water partition coefficient (Wildman–Crippen LogP) is 6.16. The Bertz CT molecular complexity index is 1210. The maximum Gasteiger partial charge on any atom is 0.301 e. The van der Waals surface area contributed by atoms with Crippen molar-refractivity contribution >= 4 is 45.5 Å². The molecule has 1 aliphatic heterocycles. The van der Waals surface area contributed by atoms with E-state index in [1.807, 2.05) is 38.1 Å². The Morgan fingerprint density at radius 3 is 2.22 bits per heavy atom. The molecule has 1 aliphatic rings. The van der Waals surface area contributed by atoms with Gasteiger partial charge in [-0.1, -0.05) is 49.7 Å².